The van der Waals surface area contributed by atoms with Gasteiger partial charge >= 0.3 is 5.91 Å². The minimum Gasteiger partial charge on any atom is -0.507 e. The fourth-order valence-electron chi connectivity index (χ4n) is 4.01. The van der Waals surface area contributed by atoms with Gasteiger partial charge in [-0.3, -0.25) is 24.6 Å². The van der Waals surface area contributed by atoms with Crippen LogP contribution in [-0.2, 0) is 9.59 Å². The number of halogens is 1. The Balaban J connectivity index is 1.72. The van der Waals surface area contributed by atoms with Crippen molar-refractivity contribution in [1.29, 1.82) is 0 Å². The van der Waals surface area contributed by atoms with E-state index >= 15 is 0 Å². The van der Waals surface area contributed by atoms with E-state index in [0.717, 1.165) is 22.4 Å². The quantitative estimate of drug-likeness (QED) is 0.137. The lowest BCUT2D eigenvalue weighted by Gasteiger charge is -2.22. The highest BCUT2D eigenvalue weighted by Crippen LogP contribution is 2.44. The van der Waals surface area contributed by atoms with Crippen molar-refractivity contribution in [2.45, 2.75) is 13.0 Å². The molecule has 35 heavy (non-hydrogen) atoms. The summed E-state index contributed by atoms with van der Waals surface area (Å²) in [6, 6.07) is 14.7. The number of aliphatic hydroxyl groups excluding tert-OH is 1. The fraction of sp³-hybridized carbons (Fsp3) is 0.0800. The predicted molar refractivity (Wildman–Crippen MR) is 129 cm³/mol. The summed E-state index contributed by atoms with van der Waals surface area (Å²) >= 11 is 1.21. The molecular formula is C25H16FN3O5S. The Morgan fingerprint density at radius 1 is 1.09 bits per heavy atom. The second-order valence-electron chi connectivity index (χ2n) is 7.99. The molecule has 3 aromatic carbocycles. The van der Waals surface area contributed by atoms with Gasteiger partial charge < -0.3 is 5.11 Å². The highest BCUT2D eigenvalue weighted by atomic mass is 32.1. The van der Waals surface area contributed by atoms with Gasteiger partial charge in [0.15, 0.2) is 5.13 Å². The lowest BCUT2D eigenvalue weighted by Crippen LogP contribution is -2.29. The SMILES string of the molecule is Cc1ccc2nc(N3C(=O)C(=O)/C(=C(/O)c4ccc(F)cc4)[C@@H]3c3ccc([N+](=O)[O-])cc3)sc2c1. The Morgan fingerprint density at radius 2 is 1.77 bits per heavy atom. The average molecular weight is 489 g/mol. The first kappa shape index (κ1) is 22.4. The molecule has 1 N–H and O–H groups in total. The Hall–Kier alpha value is -4.44. The van der Waals surface area contributed by atoms with Gasteiger partial charge in [0, 0.05) is 17.7 Å². The van der Waals surface area contributed by atoms with E-state index in [1.807, 2.05) is 19.1 Å². The molecule has 10 heteroatoms. The number of benzene rings is 3. The number of non-ortho nitro benzene ring substituents is 1. The van der Waals surface area contributed by atoms with Gasteiger partial charge in [-0.15, -0.1) is 0 Å². The molecule has 174 valence electrons. The van der Waals surface area contributed by atoms with Crippen molar-refractivity contribution in [3.05, 3.63) is 105 Å². The molecule has 0 saturated carbocycles. The third kappa shape index (κ3) is 3.83. The van der Waals surface area contributed by atoms with Crippen LogP contribution in [0.1, 0.15) is 22.7 Å². The number of aromatic nitrogens is 1. The summed E-state index contributed by atoms with van der Waals surface area (Å²) in [5, 5.41) is 22.4. The molecule has 1 saturated heterocycles. The molecule has 1 aromatic heterocycles. The highest BCUT2D eigenvalue weighted by Gasteiger charge is 2.48. The number of nitro benzene ring substituents is 1. The highest BCUT2D eigenvalue weighted by molar-refractivity contribution is 7.22. The molecule has 2 heterocycles. The zero-order chi connectivity index (χ0) is 24.9. The number of hydrogen-bond acceptors (Lipinski definition) is 7. The minimum absolute atomic E-state index is 0.149. The Kier molecular flexibility index (Phi) is 5.37. The number of rotatable bonds is 4. The van der Waals surface area contributed by atoms with Crippen molar-refractivity contribution in [2.75, 3.05) is 4.90 Å². The van der Waals surface area contributed by atoms with E-state index in [-0.39, 0.29) is 22.0 Å². The van der Waals surface area contributed by atoms with Crippen molar-refractivity contribution >= 4 is 49.8 Å². The van der Waals surface area contributed by atoms with Crippen LogP contribution in [0.5, 0.6) is 0 Å². The van der Waals surface area contributed by atoms with Crippen LogP contribution in [0.4, 0.5) is 15.2 Å². The zero-order valence-electron chi connectivity index (χ0n) is 18.1. The Labute approximate surface area is 201 Å². The number of aliphatic hydroxyl groups is 1. The summed E-state index contributed by atoms with van der Waals surface area (Å²) < 4.78 is 14.2. The molecule has 0 spiro atoms. The molecule has 0 aliphatic carbocycles. The number of amides is 1. The Morgan fingerprint density at radius 3 is 2.43 bits per heavy atom. The van der Waals surface area contributed by atoms with Crippen molar-refractivity contribution < 1.29 is 24.0 Å². The van der Waals surface area contributed by atoms with Gasteiger partial charge in [0.1, 0.15) is 11.6 Å². The van der Waals surface area contributed by atoms with Gasteiger partial charge in [-0.2, -0.15) is 0 Å². The number of Topliss-reactive ketones (excluding diaryl/α,β-unsaturated/α-hetero) is 1. The molecule has 5 rings (SSSR count). The molecule has 0 bridgehead atoms. The average Bonchev–Trinajstić information content (AvgIpc) is 3.37. The number of ketones is 1. The van der Waals surface area contributed by atoms with Crippen LogP contribution < -0.4 is 4.90 Å². The summed E-state index contributed by atoms with van der Waals surface area (Å²) in [4.78, 5) is 42.7. The topological polar surface area (TPSA) is 114 Å². The monoisotopic (exact) mass is 489 g/mol. The number of hydrogen-bond donors (Lipinski definition) is 1. The molecule has 1 fully saturated rings. The van der Waals surface area contributed by atoms with Crippen LogP contribution >= 0.6 is 11.3 Å². The molecule has 1 amide bonds. The summed E-state index contributed by atoms with van der Waals surface area (Å²) in [7, 11) is 0. The predicted octanol–water partition coefficient (Wildman–Crippen LogP) is 5.28. The molecule has 0 radical (unpaired) electrons. The van der Waals surface area contributed by atoms with Crippen LogP contribution in [0.2, 0.25) is 0 Å². The number of carbonyl (C=O) groups is 2. The Bertz CT molecular complexity index is 1540. The standard InChI is InChI=1S/C25H16FN3O5S/c1-13-2-11-18-19(12-13)35-25(27-18)28-21(14-5-9-17(10-6-14)29(33)34)20(23(31)24(28)32)22(30)15-3-7-16(26)8-4-15/h2-12,21,30H,1H3/b22-20+/t21-/m0/s1. The van der Waals surface area contributed by atoms with Gasteiger partial charge in [-0.1, -0.05) is 17.4 Å². The molecule has 4 aromatic rings. The number of nitro groups is 1. The maximum atomic E-state index is 13.4. The van der Waals surface area contributed by atoms with E-state index < -0.39 is 34.2 Å². The molecule has 1 atom stereocenters. The second-order valence-corrected chi connectivity index (χ2v) is 9.00. The smallest absolute Gasteiger partial charge is 0.301 e. The fourth-order valence-corrected chi connectivity index (χ4v) is 5.10. The van der Waals surface area contributed by atoms with E-state index in [1.165, 1.54) is 52.6 Å². The number of anilines is 1. The van der Waals surface area contributed by atoms with Crippen LogP contribution in [0.3, 0.4) is 0 Å². The maximum Gasteiger partial charge on any atom is 0.301 e. The van der Waals surface area contributed by atoms with Crippen molar-refractivity contribution in [2.24, 2.45) is 0 Å². The lowest BCUT2D eigenvalue weighted by atomic mass is 9.95. The molecular weight excluding hydrogens is 473 g/mol. The number of thiazole rings is 1. The number of aryl methyl sites for hydroxylation is 1. The van der Waals surface area contributed by atoms with Crippen LogP contribution in [0.15, 0.2) is 72.3 Å². The third-order valence-corrected chi connectivity index (χ3v) is 6.74. The molecule has 1 aliphatic heterocycles. The molecule has 1 aliphatic rings. The van der Waals surface area contributed by atoms with Gasteiger partial charge in [0.05, 0.1) is 26.8 Å². The van der Waals surface area contributed by atoms with Crippen LogP contribution in [0, 0.1) is 22.9 Å². The largest absolute Gasteiger partial charge is 0.507 e. The third-order valence-electron chi connectivity index (χ3n) is 5.72. The zero-order valence-corrected chi connectivity index (χ0v) is 19.0. The molecule has 8 nitrogen and oxygen atoms in total. The summed E-state index contributed by atoms with van der Waals surface area (Å²) in [6.45, 7) is 1.92. The van der Waals surface area contributed by atoms with Crippen molar-refractivity contribution in [1.82, 2.24) is 4.98 Å². The van der Waals surface area contributed by atoms with E-state index in [4.69, 9.17) is 0 Å². The van der Waals surface area contributed by atoms with E-state index in [0.29, 0.717) is 11.1 Å². The first-order chi connectivity index (χ1) is 16.7. The lowest BCUT2D eigenvalue weighted by molar-refractivity contribution is -0.384. The van der Waals surface area contributed by atoms with Gasteiger partial charge in [0.2, 0.25) is 0 Å². The first-order valence-corrected chi connectivity index (χ1v) is 11.2. The minimum atomic E-state index is -1.09. The van der Waals surface area contributed by atoms with Gasteiger partial charge in [0.25, 0.3) is 11.5 Å². The normalized spacial score (nSPS) is 17.3. The van der Waals surface area contributed by atoms with E-state index in [2.05, 4.69) is 4.98 Å². The second kappa shape index (κ2) is 8.41. The molecule has 0 unspecified atom stereocenters. The number of nitrogens with zero attached hydrogens (tertiary/aromatic N) is 3. The van der Waals surface area contributed by atoms with E-state index in [9.17, 15) is 29.2 Å². The first-order valence-electron chi connectivity index (χ1n) is 10.4. The van der Waals surface area contributed by atoms with Gasteiger partial charge in [-0.05, 0) is 66.6 Å². The number of carbonyl (C=O) groups excluding carboxylic acids is 2. The summed E-state index contributed by atoms with van der Waals surface area (Å²) in [6.07, 6.45) is 0. The number of fused-ring (bicyclic) bond motifs is 1. The summed E-state index contributed by atoms with van der Waals surface area (Å²) in [5.74, 6) is -2.84. The summed E-state index contributed by atoms with van der Waals surface area (Å²) in [5.41, 5.74) is 1.77. The van der Waals surface area contributed by atoms with Crippen LogP contribution in [-0.4, -0.2) is 26.7 Å². The van der Waals surface area contributed by atoms with Crippen molar-refractivity contribution in [3.63, 3.8) is 0 Å². The van der Waals surface area contributed by atoms with E-state index in [1.54, 1.807) is 6.07 Å². The van der Waals surface area contributed by atoms with Crippen molar-refractivity contribution in [3.8, 4) is 0 Å². The maximum absolute atomic E-state index is 13.4. The van der Waals surface area contributed by atoms with Gasteiger partial charge in [-0.25, -0.2) is 9.37 Å². The van der Waals surface area contributed by atoms with Crippen LogP contribution in [0.25, 0.3) is 16.0 Å².